The minimum absolute atomic E-state index is 0.489. The number of imidazole rings is 1. The van der Waals surface area contributed by atoms with E-state index in [2.05, 4.69) is 15.0 Å². The van der Waals surface area contributed by atoms with Crippen molar-refractivity contribution in [3.8, 4) is 0 Å². The van der Waals surface area contributed by atoms with Gasteiger partial charge in [-0.1, -0.05) is 0 Å². The molecule has 2 aromatic heterocycles. The number of hydrogen-bond acceptors (Lipinski definition) is 3. The number of aromatic nitrogens is 3. The molecule has 0 aliphatic heterocycles. The molecule has 56 valence electrons. The molecule has 0 saturated carbocycles. The Kier molecular flexibility index (Phi) is 1.19. The summed E-state index contributed by atoms with van der Waals surface area (Å²) in [6, 6.07) is 3.56. The van der Waals surface area contributed by atoms with Crippen LogP contribution in [0.5, 0.6) is 0 Å². The first kappa shape index (κ1) is 6.36. The van der Waals surface area contributed by atoms with Gasteiger partial charge < -0.3 is 15.7 Å². The van der Waals surface area contributed by atoms with E-state index in [0.29, 0.717) is 16.2 Å². The molecule has 4 N–H and O–H groups in total. The Morgan fingerprint density at radius 3 is 3.00 bits per heavy atom. The maximum Gasteiger partial charge on any atom is 0.176 e. The maximum atomic E-state index is 5.45. The molecular weight excluding hydrogens is 160 g/mol. The van der Waals surface area contributed by atoms with Crippen LogP contribution in [0, 0.1) is 4.77 Å². The van der Waals surface area contributed by atoms with Crippen molar-refractivity contribution < 1.29 is 0 Å². The molecular formula is C6H6N4S. The number of hydrogen-bond donors (Lipinski definition) is 3. The zero-order valence-corrected chi connectivity index (χ0v) is 6.40. The fourth-order valence-electron chi connectivity index (χ4n) is 0.931. The first-order valence-electron chi connectivity index (χ1n) is 3.10. The average Bonchev–Trinajstić information content (AvgIpc) is 2.27. The highest BCUT2D eigenvalue weighted by Crippen LogP contribution is 2.08. The van der Waals surface area contributed by atoms with Gasteiger partial charge in [-0.15, -0.1) is 0 Å². The fourth-order valence-corrected chi connectivity index (χ4v) is 1.14. The van der Waals surface area contributed by atoms with Crippen molar-refractivity contribution in [3.63, 3.8) is 0 Å². The lowest BCUT2D eigenvalue weighted by molar-refractivity contribution is 1.27. The van der Waals surface area contributed by atoms with E-state index in [1.165, 1.54) is 0 Å². The van der Waals surface area contributed by atoms with Gasteiger partial charge >= 0.3 is 0 Å². The standard InChI is InChI=1S/C6H6N4S/c7-4-2-1-3-5(9-4)10-6(11)8-3/h1-2H,(H4,7,8,9,10,11). The summed E-state index contributed by atoms with van der Waals surface area (Å²) in [7, 11) is 0. The minimum Gasteiger partial charge on any atom is -0.384 e. The quantitative estimate of drug-likeness (QED) is 0.515. The topological polar surface area (TPSA) is 70.5 Å². The van der Waals surface area contributed by atoms with E-state index in [1.807, 2.05) is 6.07 Å². The fraction of sp³-hybridized carbons (Fsp3) is 0. The van der Waals surface area contributed by atoms with Crippen LogP contribution in [-0.4, -0.2) is 15.0 Å². The van der Waals surface area contributed by atoms with E-state index in [1.54, 1.807) is 6.07 Å². The average molecular weight is 166 g/mol. The summed E-state index contributed by atoms with van der Waals surface area (Å²) in [5.74, 6) is 0.489. The highest BCUT2D eigenvalue weighted by Gasteiger charge is 1.95. The number of nitrogen functional groups attached to an aromatic ring is 1. The lowest BCUT2D eigenvalue weighted by Crippen LogP contribution is -1.88. The Labute approximate surface area is 67.5 Å². The Balaban J connectivity index is 2.92. The van der Waals surface area contributed by atoms with Gasteiger partial charge in [0.1, 0.15) is 5.82 Å². The molecule has 4 nitrogen and oxygen atoms in total. The smallest absolute Gasteiger partial charge is 0.176 e. The normalized spacial score (nSPS) is 10.5. The molecule has 0 aliphatic rings. The zero-order valence-electron chi connectivity index (χ0n) is 5.59. The minimum atomic E-state index is 0.489. The molecule has 2 heterocycles. The summed E-state index contributed by atoms with van der Waals surface area (Å²) in [5.41, 5.74) is 7.04. The molecule has 0 radical (unpaired) electrons. The summed E-state index contributed by atoms with van der Waals surface area (Å²) < 4.78 is 0.568. The maximum absolute atomic E-state index is 5.45. The number of nitrogens with zero attached hydrogens (tertiary/aromatic N) is 1. The largest absolute Gasteiger partial charge is 0.384 e. The van der Waals surface area contributed by atoms with Crippen LogP contribution in [0.4, 0.5) is 5.82 Å². The summed E-state index contributed by atoms with van der Waals surface area (Å²) in [6.45, 7) is 0. The number of H-pyrrole nitrogens is 2. The predicted octanol–water partition coefficient (Wildman–Crippen LogP) is 1.20. The Hall–Kier alpha value is -1.36. The molecule has 0 amide bonds. The molecule has 0 spiro atoms. The third-order valence-electron chi connectivity index (χ3n) is 1.40. The van der Waals surface area contributed by atoms with E-state index in [4.69, 9.17) is 18.0 Å². The van der Waals surface area contributed by atoms with Crippen LogP contribution in [-0.2, 0) is 0 Å². The molecule has 0 unspecified atom stereocenters. The zero-order chi connectivity index (χ0) is 7.84. The summed E-state index contributed by atoms with van der Waals surface area (Å²) in [6.07, 6.45) is 0. The highest BCUT2D eigenvalue weighted by atomic mass is 32.1. The summed E-state index contributed by atoms with van der Waals surface area (Å²) >= 11 is 4.86. The monoisotopic (exact) mass is 166 g/mol. The molecule has 11 heavy (non-hydrogen) atoms. The molecule has 2 aromatic rings. The van der Waals surface area contributed by atoms with Crippen LogP contribution < -0.4 is 5.73 Å². The van der Waals surface area contributed by atoms with Gasteiger partial charge in [0.05, 0.1) is 5.52 Å². The van der Waals surface area contributed by atoms with E-state index in [-0.39, 0.29) is 0 Å². The number of anilines is 1. The Morgan fingerprint density at radius 1 is 1.36 bits per heavy atom. The van der Waals surface area contributed by atoms with Crippen molar-refractivity contribution in [1.82, 2.24) is 15.0 Å². The van der Waals surface area contributed by atoms with Crippen molar-refractivity contribution in [3.05, 3.63) is 16.9 Å². The molecule has 0 aromatic carbocycles. The molecule has 2 rings (SSSR count). The van der Waals surface area contributed by atoms with Crippen molar-refractivity contribution in [2.45, 2.75) is 0 Å². The summed E-state index contributed by atoms with van der Waals surface area (Å²) in [4.78, 5) is 9.82. The van der Waals surface area contributed by atoms with Crippen molar-refractivity contribution in [2.24, 2.45) is 0 Å². The van der Waals surface area contributed by atoms with Crippen molar-refractivity contribution >= 4 is 29.2 Å². The highest BCUT2D eigenvalue weighted by molar-refractivity contribution is 7.71. The van der Waals surface area contributed by atoms with Crippen LogP contribution in [0.2, 0.25) is 0 Å². The van der Waals surface area contributed by atoms with Crippen LogP contribution in [0.1, 0.15) is 0 Å². The van der Waals surface area contributed by atoms with Gasteiger partial charge in [-0.25, -0.2) is 4.98 Å². The van der Waals surface area contributed by atoms with Crippen LogP contribution in [0.25, 0.3) is 11.2 Å². The van der Waals surface area contributed by atoms with Gasteiger partial charge in [-0.2, -0.15) is 0 Å². The van der Waals surface area contributed by atoms with E-state index < -0.39 is 0 Å². The Bertz CT molecular complexity index is 441. The molecule has 0 fully saturated rings. The van der Waals surface area contributed by atoms with Gasteiger partial charge in [0.2, 0.25) is 0 Å². The molecule has 0 aliphatic carbocycles. The lowest BCUT2D eigenvalue weighted by Gasteiger charge is -1.89. The van der Waals surface area contributed by atoms with Gasteiger partial charge in [-0.3, -0.25) is 0 Å². The van der Waals surface area contributed by atoms with Gasteiger partial charge in [0, 0.05) is 0 Å². The number of fused-ring (bicyclic) bond motifs is 1. The van der Waals surface area contributed by atoms with Gasteiger partial charge in [0.15, 0.2) is 10.4 Å². The second-order valence-corrected chi connectivity index (χ2v) is 2.62. The van der Waals surface area contributed by atoms with Crippen LogP contribution in [0.15, 0.2) is 12.1 Å². The second-order valence-electron chi connectivity index (χ2n) is 2.21. The van der Waals surface area contributed by atoms with E-state index in [0.717, 1.165) is 5.52 Å². The van der Waals surface area contributed by atoms with E-state index >= 15 is 0 Å². The molecule has 5 heteroatoms. The van der Waals surface area contributed by atoms with Gasteiger partial charge in [-0.05, 0) is 24.4 Å². The van der Waals surface area contributed by atoms with Crippen LogP contribution in [0.3, 0.4) is 0 Å². The lowest BCUT2D eigenvalue weighted by atomic mass is 10.4. The first-order chi connectivity index (χ1) is 5.25. The number of aromatic amines is 2. The van der Waals surface area contributed by atoms with E-state index in [9.17, 15) is 0 Å². The number of nitrogens with two attached hydrogens (primary N) is 1. The molecule has 0 saturated heterocycles. The first-order valence-corrected chi connectivity index (χ1v) is 3.51. The number of pyridine rings is 1. The third-order valence-corrected chi connectivity index (χ3v) is 1.60. The third kappa shape index (κ3) is 0.988. The predicted molar refractivity (Wildman–Crippen MR) is 45.7 cm³/mol. The molecule has 0 bridgehead atoms. The van der Waals surface area contributed by atoms with Crippen molar-refractivity contribution in [1.29, 1.82) is 0 Å². The van der Waals surface area contributed by atoms with Crippen LogP contribution >= 0.6 is 12.2 Å². The number of nitrogens with one attached hydrogen (secondary N) is 2. The summed E-state index contributed by atoms with van der Waals surface area (Å²) in [5, 5.41) is 0. The second kappa shape index (κ2) is 2.06. The number of rotatable bonds is 0. The van der Waals surface area contributed by atoms with Crippen molar-refractivity contribution in [2.75, 3.05) is 5.73 Å². The SMILES string of the molecule is Nc1ccc2[nH]c(=S)[nH]c2n1. The molecule has 0 atom stereocenters. The Morgan fingerprint density at radius 2 is 2.18 bits per heavy atom. The van der Waals surface area contributed by atoms with Gasteiger partial charge in [0.25, 0.3) is 0 Å².